The molecule has 0 aromatic heterocycles. The Labute approximate surface area is 89.4 Å². The molecule has 0 atom stereocenters. The Morgan fingerprint density at radius 3 is 2.53 bits per heavy atom. The third-order valence-corrected chi connectivity index (χ3v) is 2.53. The summed E-state index contributed by atoms with van der Waals surface area (Å²) in [6.45, 7) is 4.17. The molecular weight excluding hydrogens is 196 g/mol. The van der Waals surface area contributed by atoms with Crippen LogP contribution in [0, 0.1) is 0 Å². The number of hydrogen-bond acceptors (Lipinski definition) is 3. The molecule has 2 N–H and O–H groups in total. The Morgan fingerprint density at radius 2 is 2.07 bits per heavy atom. The normalized spacial score (nSPS) is 18.2. The van der Waals surface area contributed by atoms with Crippen molar-refractivity contribution < 1.29 is 14.7 Å². The fraction of sp³-hybridized carbons (Fsp3) is 0.800. The highest BCUT2D eigenvalue weighted by Crippen LogP contribution is 2.25. The number of nitrogens with one attached hydrogen (secondary N) is 1. The van der Waals surface area contributed by atoms with Crippen molar-refractivity contribution in [3.63, 3.8) is 0 Å². The van der Waals surface area contributed by atoms with Gasteiger partial charge < -0.3 is 15.3 Å². The fourth-order valence-electron chi connectivity index (χ4n) is 1.78. The number of nitrogens with zero attached hydrogens (tertiary/aromatic N) is 1. The Balaban J connectivity index is 2.26. The van der Waals surface area contributed by atoms with Crippen LogP contribution in [-0.2, 0) is 9.59 Å². The number of carbonyl (C=O) groups excluding carboxylic acids is 2. The van der Waals surface area contributed by atoms with E-state index >= 15 is 0 Å². The summed E-state index contributed by atoms with van der Waals surface area (Å²) in [5.41, 5.74) is -0.694. The van der Waals surface area contributed by atoms with Gasteiger partial charge in [-0.25, -0.2) is 0 Å². The van der Waals surface area contributed by atoms with E-state index < -0.39 is 5.60 Å². The molecule has 0 aromatic carbocycles. The van der Waals surface area contributed by atoms with Gasteiger partial charge in [-0.05, 0) is 6.42 Å². The molecule has 0 aromatic rings. The molecule has 0 aliphatic carbocycles. The van der Waals surface area contributed by atoms with Crippen molar-refractivity contribution in [3.8, 4) is 0 Å². The van der Waals surface area contributed by atoms with Crippen LogP contribution < -0.4 is 5.32 Å². The summed E-state index contributed by atoms with van der Waals surface area (Å²) in [6.07, 6.45) is 1.63. The molecule has 0 unspecified atom stereocenters. The minimum atomic E-state index is -0.694. The first-order valence-electron chi connectivity index (χ1n) is 5.21. The van der Waals surface area contributed by atoms with E-state index in [9.17, 15) is 14.7 Å². The van der Waals surface area contributed by atoms with Crippen molar-refractivity contribution in [2.75, 3.05) is 19.6 Å². The van der Waals surface area contributed by atoms with Crippen LogP contribution >= 0.6 is 0 Å². The Kier molecular flexibility index (Phi) is 3.68. The zero-order chi connectivity index (χ0) is 11.5. The van der Waals surface area contributed by atoms with E-state index in [1.54, 1.807) is 4.90 Å². The summed E-state index contributed by atoms with van der Waals surface area (Å²) >= 11 is 0. The second-order valence-corrected chi connectivity index (χ2v) is 4.13. The van der Waals surface area contributed by atoms with Crippen LogP contribution in [0.1, 0.15) is 26.7 Å². The number of rotatable bonds is 4. The van der Waals surface area contributed by atoms with E-state index in [4.69, 9.17) is 0 Å². The van der Waals surface area contributed by atoms with Crippen molar-refractivity contribution in [1.82, 2.24) is 10.2 Å². The maximum atomic E-state index is 11.4. The molecular formula is C10H18N2O3. The maximum Gasteiger partial charge on any atom is 0.242 e. The number of aliphatic hydroxyl groups is 1. The molecule has 1 saturated heterocycles. The van der Waals surface area contributed by atoms with Crippen LogP contribution in [0.3, 0.4) is 0 Å². The van der Waals surface area contributed by atoms with E-state index in [0.717, 1.165) is 12.8 Å². The SMILES string of the molecule is CCCC1(O)CN(C(=O)CNC(C)=O)C1. The molecule has 2 amide bonds. The Hall–Kier alpha value is -1.10. The number of hydrogen-bond donors (Lipinski definition) is 2. The Bertz CT molecular complexity index is 259. The second kappa shape index (κ2) is 4.61. The first-order valence-corrected chi connectivity index (χ1v) is 5.21. The first-order chi connectivity index (χ1) is 6.97. The molecule has 0 radical (unpaired) electrons. The van der Waals surface area contributed by atoms with Gasteiger partial charge in [-0.2, -0.15) is 0 Å². The first kappa shape index (κ1) is 12.0. The molecule has 0 bridgehead atoms. The summed E-state index contributed by atoms with van der Waals surface area (Å²) in [5, 5.41) is 12.3. The minimum absolute atomic E-state index is 0.0253. The van der Waals surface area contributed by atoms with E-state index in [1.165, 1.54) is 6.92 Å². The van der Waals surface area contributed by atoms with Gasteiger partial charge in [-0.15, -0.1) is 0 Å². The average Bonchev–Trinajstić information content (AvgIpc) is 2.10. The fourth-order valence-corrected chi connectivity index (χ4v) is 1.78. The number of likely N-dealkylation sites (tertiary alicyclic amines) is 1. The lowest BCUT2D eigenvalue weighted by atomic mass is 9.89. The van der Waals surface area contributed by atoms with Crippen LogP contribution in [0.4, 0.5) is 0 Å². The summed E-state index contributed by atoms with van der Waals surface area (Å²) in [4.78, 5) is 23.6. The molecule has 5 heteroatoms. The van der Waals surface area contributed by atoms with Gasteiger partial charge in [0.15, 0.2) is 0 Å². The quantitative estimate of drug-likeness (QED) is 0.662. The highest BCUT2D eigenvalue weighted by molar-refractivity contribution is 5.84. The summed E-state index contributed by atoms with van der Waals surface area (Å²) in [6, 6.07) is 0. The molecule has 1 heterocycles. The zero-order valence-corrected chi connectivity index (χ0v) is 9.25. The second-order valence-electron chi connectivity index (χ2n) is 4.13. The number of β-amino-alcohol motifs (C(OH)–C–C–N with tert-alkyl or cyclic N) is 1. The van der Waals surface area contributed by atoms with Gasteiger partial charge in [-0.1, -0.05) is 13.3 Å². The third kappa shape index (κ3) is 3.20. The number of carbonyl (C=O) groups is 2. The van der Waals surface area contributed by atoms with Crippen molar-refractivity contribution in [1.29, 1.82) is 0 Å². The molecule has 0 saturated carbocycles. The monoisotopic (exact) mass is 214 g/mol. The van der Waals surface area contributed by atoms with Gasteiger partial charge in [0.05, 0.1) is 25.2 Å². The molecule has 15 heavy (non-hydrogen) atoms. The molecule has 1 fully saturated rings. The van der Waals surface area contributed by atoms with Crippen molar-refractivity contribution in [3.05, 3.63) is 0 Å². The predicted octanol–water partition coefficient (Wildman–Crippen LogP) is -0.504. The molecule has 1 rings (SSSR count). The largest absolute Gasteiger partial charge is 0.386 e. The molecule has 1 aliphatic rings. The smallest absolute Gasteiger partial charge is 0.242 e. The zero-order valence-electron chi connectivity index (χ0n) is 9.25. The van der Waals surface area contributed by atoms with Crippen molar-refractivity contribution in [2.24, 2.45) is 0 Å². The van der Waals surface area contributed by atoms with Crippen LogP contribution in [-0.4, -0.2) is 47.1 Å². The molecule has 5 nitrogen and oxygen atoms in total. The van der Waals surface area contributed by atoms with E-state index in [1.807, 2.05) is 6.92 Å². The molecule has 0 spiro atoms. The van der Waals surface area contributed by atoms with Gasteiger partial charge in [0.25, 0.3) is 0 Å². The van der Waals surface area contributed by atoms with Crippen LogP contribution in [0.5, 0.6) is 0 Å². The summed E-state index contributed by atoms with van der Waals surface area (Å²) < 4.78 is 0. The van der Waals surface area contributed by atoms with E-state index in [2.05, 4.69) is 5.32 Å². The maximum absolute atomic E-state index is 11.4. The van der Waals surface area contributed by atoms with Crippen molar-refractivity contribution in [2.45, 2.75) is 32.3 Å². The van der Waals surface area contributed by atoms with Gasteiger partial charge in [0, 0.05) is 6.92 Å². The highest BCUT2D eigenvalue weighted by Gasteiger charge is 2.42. The standard InChI is InChI=1S/C10H18N2O3/c1-3-4-10(15)6-12(7-10)9(14)5-11-8(2)13/h15H,3-7H2,1-2H3,(H,11,13). The lowest BCUT2D eigenvalue weighted by molar-refractivity contribution is -0.156. The third-order valence-electron chi connectivity index (χ3n) is 2.53. The summed E-state index contributed by atoms with van der Waals surface area (Å²) in [5.74, 6) is -0.348. The van der Waals surface area contributed by atoms with Crippen LogP contribution in [0.2, 0.25) is 0 Å². The van der Waals surface area contributed by atoms with Crippen LogP contribution in [0.15, 0.2) is 0 Å². The minimum Gasteiger partial charge on any atom is -0.386 e. The van der Waals surface area contributed by atoms with E-state index in [0.29, 0.717) is 13.1 Å². The van der Waals surface area contributed by atoms with Gasteiger partial charge in [0.2, 0.25) is 11.8 Å². The van der Waals surface area contributed by atoms with Crippen LogP contribution in [0.25, 0.3) is 0 Å². The number of amides is 2. The average molecular weight is 214 g/mol. The van der Waals surface area contributed by atoms with Gasteiger partial charge in [0.1, 0.15) is 0 Å². The predicted molar refractivity (Wildman–Crippen MR) is 55.1 cm³/mol. The van der Waals surface area contributed by atoms with Gasteiger partial charge >= 0.3 is 0 Å². The lowest BCUT2D eigenvalue weighted by Gasteiger charge is -2.46. The van der Waals surface area contributed by atoms with Crippen molar-refractivity contribution >= 4 is 11.8 Å². The topological polar surface area (TPSA) is 69.6 Å². The summed E-state index contributed by atoms with van der Waals surface area (Å²) in [7, 11) is 0. The van der Waals surface area contributed by atoms with E-state index in [-0.39, 0.29) is 18.4 Å². The van der Waals surface area contributed by atoms with Gasteiger partial charge in [-0.3, -0.25) is 9.59 Å². The molecule has 1 aliphatic heterocycles. The molecule has 86 valence electrons. The Morgan fingerprint density at radius 1 is 1.47 bits per heavy atom. The highest BCUT2D eigenvalue weighted by atomic mass is 16.3. The lowest BCUT2D eigenvalue weighted by Crippen LogP contribution is -2.64.